The molecule has 0 aliphatic carbocycles. The van der Waals surface area contributed by atoms with Crippen molar-refractivity contribution in [3.8, 4) is 17.0 Å². The highest BCUT2D eigenvalue weighted by Crippen LogP contribution is 2.33. The van der Waals surface area contributed by atoms with Gasteiger partial charge in [-0.2, -0.15) is 0 Å². The van der Waals surface area contributed by atoms with Crippen molar-refractivity contribution in [3.05, 3.63) is 84.4 Å². The minimum atomic E-state index is 0.0861. The summed E-state index contributed by atoms with van der Waals surface area (Å²) in [5, 5.41) is 15.3. The first kappa shape index (κ1) is 24.3. The summed E-state index contributed by atoms with van der Waals surface area (Å²) in [6, 6.07) is 27.4. The maximum Gasteiger partial charge on any atom is 0.151 e. The predicted octanol–water partition coefficient (Wildman–Crippen LogP) is 6.62. The van der Waals surface area contributed by atoms with Gasteiger partial charge in [0.25, 0.3) is 0 Å². The molecular weight excluding hydrogens is 444 g/mol. The molecule has 0 atom stereocenters. The van der Waals surface area contributed by atoms with E-state index in [1.165, 1.54) is 5.39 Å². The average Bonchev–Trinajstić information content (AvgIpc) is 2.85. The third kappa shape index (κ3) is 5.52. The first-order valence-corrected chi connectivity index (χ1v) is 12.7. The van der Waals surface area contributed by atoms with Crippen molar-refractivity contribution in [1.82, 2.24) is 15.5 Å². The number of hydrogen-bond acceptors (Lipinski definition) is 5. The van der Waals surface area contributed by atoms with Crippen molar-refractivity contribution < 1.29 is 4.74 Å². The minimum Gasteiger partial charge on any atom is -0.489 e. The zero-order chi connectivity index (χ0) is 25.3. The van der Waals surface area contributed by atoms with Crippen molar-refractivity contribution in [3.63, 3.8) is 0 Å². The fourth-order valence-corrected chi connectivity index (χ4v) is 5.61. The van der Waals surface area contributed by atoms with E-state index in [1.54, 1.807) is 0 Å². The minimum absolute atomic E-state index is 0.0861. The molecule has 0 saturated carbocycles. The van der Waals surface area contributed by atoms with E-state index in [0.717, 1.165) is 46.6 Å². The normalized spacial score (nSPS) is 17.1. The van der Waals surface area contributed by atoms with E-state index >= 15 is 0 Å². The second kappa shape index (κ2) is 9.55. The monoisotopic (exact) mass is 480 g/mol. The predicted molar refractivity (Wildman–Crippen MR) is 148 cm³/mol. The van der Waals surface area contributed by atoms with Gasteiger partial charge in [0.2, 0.25) is 0 Å². The summed E-state index contributed by atoms with van der Waals surface area (Å²) in [5.41, 5.74) is 3.25. The highest BCUT2D eigenvalue weighted by molar-refractivity contribution is 5.88. The molecule has 0 amide bonds. The molecule has 4 aromatic rings. The van der Waals surface area contributed by atoms with Crippen molar-refractivity contribution in [2.45, 2.75) is 64.3 Å². The Labute approximate surface area is 214 Å². The van der Waals surface area contributed by atoms with Gasteiger partial charge < -0.3 is 15.0 Å². The van der Waals surface area contributed by atoms with E-state index in [2.05, 4.69) is 110 Å². The van der Waals surface area contributed by atoms with Crippen LogP contribution in [0.1, 0.15) is 46.1 Å². The Morgan fingerprint density at radius 1 is 0.833 bits per heavy atom. The number of piperidine rings is 1. The number of nitrogens with one attached hydrogen (secondary N) is 1. The molecule has 1 saturated heterocycles. The summed E-state index contributed by atoms with van der Waals surface area (Å²) in [5.74, 6) is 1.77. The highest BCUT2D eigenvalue weighted by atomic mass is 16.5. The van der Waals surface area contributed by atoms with Crippen molar-refractivity contribution in [2.75, 3.05) is 11.9 Å². The van der Waals surface area contributed by atoms with Crippen LogP contribution in [0.15, 0.2) is 78.9 Å². The molecule has 36 heavy (non-hydrogen) atoms. The fourth-order valence-electron chi connectivity index (χ4n) is 5.61. The maximum atomic E-state index is 6.04. The molecule has 0 unspecified atom stereocenters. The topological polar surface area (TPSA) is 50.3 Å². The summed E-state index contributed by atoms with van der Waals surface area (Å²) in [4.78, 5) is 2.29. The molecule has 1 fully saturated rings. The lowest BCUT2D eigenvalue weighted by Gasteiger charge is -2.49. The molecule has 1 aliphatic rings. The van der Waals surface area contributed by atoms with E-state index in [0.29, 0.717) is 12.6 Å². The molecule has 0 spiro atoms. The van der Waals surface area contributed by atoms with Gasteiger partial charge >= 0.3 is 0 Å². The lowest BCUT2D eigenvalue weighted by molar-refractivity contribution is 0.160. The average molecular weight is 481 g/mol. The largest absolute Gasteiger partial charge is 0.489 e. The molecule has 5 rings (SSSR count). The number of benzene rings is 3. The van der Waals surface area contributed by atoms with Gasteiger partial charge in [-0.05, 0) is 87.2 Å². The summed E-state index contributed by atoms with van der Waals surface area (Å²) >= 11 is 0. The zero-order valence-corrected chi connectivity index (χ0v) is 22.0. The second-order valence-corrected chi connectivity index (χ2v) is 11.3. The van der Waals surface area contributed by atoms with Gasteiger partial charge in [-0.15, -0.1) is 10.2 Å². The van der Waals surface area contributed by atoms with E-state index in [1.807, 2.05) is 24.3 Å². The highest BCUT2D eigenvalue weighted by Gasteiger charge is 2.39. The number of ether oxygens (including phenoxy) is 1. The zero-order valence-electron chi connectivity index (χ0n) is 22.0. The Kier molecular flexibility index (Phi) is 6.44. The molecule has 1 N–H and O–H groups in total. The Morgan fingerprint density at radius 3 is 2.25 bits per heavy atom. The van der Waals surface area contributed by atoms with Gasteiger partial charge in [0.05, 0.1) is 5.69 Å². The van der Waals surface area contributed by atoms with Gasteiger partial charge in [-0.1, -0.05) is 48.5 Å². The van der Waals surface area contributed by atoms with Crippen molar-refractivity contribution in [1.29, 1.82) is 0 Å². The SMILES string of the molecule is CN(c1ccc(-c2ccc3ccc(OCc4ccccc4)cc3c2)nn1)C1CC(C)(C)NC(C)(C)C1. The van der Waals surface area contributed by atoms with Crippen LogP contribution >= 0.6 is 0 Å². The lowest BCUT2D eigenvalue weighted by Crippen LogP contribution is -2.62. The third-order valence-electron chi connectivity index (χ3n) is 7.08. The standard InChI is InChI=1S/C31H36N4O/c1-30(2)19-26(20-31(3,4)34-30)35(5)29-16-15-28(32-33-29)24-12-11-23-13-14-27(18-25(23)17-24)36-21-22-9-7-6-8-10-22/h6-18,26,34H,19-21H2,1-5H3. The van der Waals surface area contributed by atoms with E-state index in [4.69, 9.17) is 4.74 Å². The maximum absolute atomic E-state index is 6.04. The van der Waals surface area contributed by atoms with Crippen LogP contribution in [0.25, 0.3) is 22.0 Å². The van der Waals surface area contributed by atoms with Crippen LogP contribution in [0, 0.1) is 0 Å². The molecule has 1 aromatic heterocycles. The number of hydrogen-bond donors (Lipinski definition) is 1. The molecule has 0 radical (unpaired) electrons. The van der Waals surface area contributed by atoms with Gasteiger partial charge in [0.1, 0.15) is 12.4 Å². The van der Waals surface area contributed by atoms with Gasteiger partial charge in [0, 0.05) is 29.7 Å². The molecular formula is C31H36N4O. The van der Waals surface area contributed by atoms with Gasteiger partial charge in [-0.25, -0.2) is 0 Å². The van der Waals surface area contributed by atoms with Crippen LogP contribution in [0.4, 0.5) is 5.82 Å². The van der Waals surface area contributed by atoms with Crippen molar-refractivity contribution >= 4 is 16.6 Å². The van der Waals surface area contributed by atoms with E-state index in [-0.39, 0.29) is 11.1 Å². The number of anilines is 1. The summed E-state index contributed by atoms with van der Waals surface area (Å²) in [6.45, 7) is 9.67. The van der Waals surface area contributed by atoms with E-state index in [9.17, 15) is 0 Å². The fraction of sp³-hybridized carbons (Fsp3) is 0.355. The summed E-state index contributed by atoms with van der Waals surface area (Å²) < 4.78 is 6.04. The number of nitrogens with zero attached hydrogens (tertiary/aromatic N) is 3. The van der Waals surface area contributed by atoms with Gasteiger partial charge in [-0.3, -0.25) is 0 Å². The van der Waals surface area contributed by atoms with Crippen LogP contribution in [0.3, 0.4) is 0 Å². The molecule has 186 valence electrons. The Morgan fingerprint density at radius 2 is 1.56 bits per heavy atom. The number of aromatic nitrogens is 2. The Bertz CT molecular complexity index is 1320. The quantitative estimate of drug-likeness (QED) is 0.336. The summed E-state index contributed by atoms with van der Waals surface area (Å²) in [7, 11) is 2.14. The molecule has 5 heteroatoms. The first-order chi connectivity index (χ1) is 17.2. The molecule has 3 aromatic carbocycles. The van der Waals surface area contributed by atoms with Crippen LogP contribution < -0.4 is 15.0 Å². The molecule has 2 heterocycles. The van der Waals surface area contributed by atoms with Crippen LogP contribution in [0.2, 0.25) is 0 Å². The van der Waals surface area contributed by atoms with Crippen LogP contribution in [-0.4, -0.2) is 34.4 Å². The number of fused-ring (bicyclic) bond motifs is 1. The molecule has 0 bridgehead atoms. The Hall–Kier alpha value is -3.44. The summed E-state index contributed by atoms with van der Waals surface area (Å²) in [6.07, 6.45) is 2.13. The molecule has 5 nitrogen and oxygen atoms in total. The van der Waals surface area contributed by atoms with E-state index < -0.39 is 0 Å². The second-order valence-electron chi connectivity index (χ2n) is 11.3. The third-order valence-corrected chi connectivity index (χ3v) is 7.08. The van der Waals surface area contributed by atoms with Crippen molar-refractivity contribution in [2.24, 2.45) is 0 Å². The lowest BCUT2D eigenvalue weighted by atomic mass is 9.79. The first-order valence-electron chi connectivity index (χ1n) is 12.7. The number of rotatable bonds is 6. The Balaban J connectivity index is 1.32. The van der Waals surface area contributed by atoms with Crippen LogP contribution in [0.5, 0.6) is 5.75 Å². The molecule has 1 aliphatic heterocycles. The van der Waals surface area contributed by atoms with Crippen LogP contribution in [-0.2, 0) is 6.61 Å². The smallest absolute Gasteiger partial charge is 0.151 e. The van der Waals surface area contributed by atoms with Gasteiger partial charge in [0.15, 0.2) is 5.82 Å².